The maximum Gasteiger partial charge on any atom is 0.358 e. The topological polar surface area (TPSA) is 97.1 Å². The molecule has 1 heterocycles. The normalized spacial score (nSPS) is 10.4. The van der Waals surface area contributed by atoms with Crippen molar-refractivity contribution in [1.29, 1.82) is 0 Å². The Hall–Kier alpha value is -2.77. The van der Waals surface area contributed by atoms with Gasteiger partial charge in [-0.25, -0.2) is 13.9 Å². The van der Waals surface area contributed by atoms with E-state index in [0.29, 0.717) is 5.56 Å². The summed E-state index contributed by atoms with van der Waals surface area (Å²) < 4.78 is 15.0. The van der Waals surface area contributed by atoms with Crippen LogP contribution >= 0.6 is 0 Å². The molecule has 2 rings (SSSR count). The number of benzene rings is 1. The van der Waals surface area contributed by atoms with Crippen LogP contribution in [0.3, 0.4) is 0 Å². The predicted octanol–water partition coefficient (Wildman–Crippen LogP) is 0.854. The lowest BCUT2D eigenvalue weighted by Crippen LogP contribution is -2.28. The SMILES string of the molecule is Cc1cccc(C(=O)NCCn2cc(C(=O)O)nn2)c1F. The van der Waals surface area contributed by atoms with Crippen LogP contribution in [0.25, 0.3) is 0 Å². The standard InChI is InChI=1S/C13H13FN4O3/c1-8-3-2-4-9(11(8)14)12(19)15-5-6-18-7-10(13(20)21)16-17-18/h2-4,7H,5-6H2,1H3,(H,15,19)(H,20,21). The van der Waals surface area contributed by atoms with Gasteiger partial charge in [0.25, 0.3) is 5.91 Å². The zero-order chi connectivity index (χ0) is 15.4. The summed E-state index contributed by atoms with van der Waals surface area (Å²) in [7, 11) is 0. The Morgan fingerprint density at radius 1 is 1.43 bits per heavy atom. The summed E-state index contributed by atoms with van der Waals surface area (Å²) in [6.45, 7) is 1.99. The molecule has 0 fully saturated rings. The highest BCUT2D eigenvalue weighted by atomic mass is 19.1. The van der Waals surface area contributed by atoms with E-state index in [0.717, 1.165) is 0 Å². The second kappa shape index (κ2) is 6.12. The fourth-order valence-electron chi connectivity index (χ4n) is 1.71. The van der Waals surface area contributed by atoms with E-state index in [1.165, 1.54) is 16.9 Å². The van der Waals surface area contributed by atoms with E-state index in [1.807, 2.05) is 0 Å². The smallest absolute Gasteiger partial charge is 0.358 e. The maximum absolute atomic E-state index is 13.7. The van der Waals surface area contributed by atoms with Crippen LogP contribution in [0.5, 0.6) is 0 Å². The molecule has 0 aliphatic rings. The fourth-order valence-corrected chi connectivity index (χ4v) is 1.71. The molecule has 0 spiro atoms. The zero-order valence-electron chi connectivity index (χ0n) is 11.2. The van der Waals surface area contributed by atoms with Crippen molar-refractivity contribution in [2.45, 2.75) is 13.5 Å². The van der Waals surface area contributed by atoms with E-state index in [-0.39, 0.29) is 24.3 Å². The van der Waals surface area contributed by atoms with Crippen molar-refractivity contribution in [3.05, 3.63) is 47.0 Å². The summed E-state index contributed by atoms with van der Waals surface area (Å²) in [4.78, 5) is 22.5. The second-order valence-electron chi connectivity index (χ2n) is 4.36. The van der Waals surface area contributed by atoms with Crippen LogP contribution < -0.4 is 5.32 Å². The number of carbonyl (C=O) groups is 2. The average molecular weight is 292 g/mol. The van der Waals surface area contributed by atoms with E-state index in [4.69, 9.17) is 5.11 Å². The number of carboxylic acids is 1. The summed E-state index contributed by atoms with van der Waals surface area (Å²) in [6.07, 6.45) is 1.25. The lowest BCUT2D eigenvalue weighted by molar-refractivity contribution is 0.0690. The molecule has 0 bridgehead atoms. The lowest BCUT2D eigenvalue weighted by Gasteiger charge is -2.07. The van der Waals surface area contributed by atoms with Crippen LogP contribution in [-0.2, 0) is 6.54 Å². The van der Waals surface area contributed by atoms with Gasteiger partial charge >= 0.3 is 5.97 Å². The van der Waals surface area contributed by atoms with E-state index in [9.17, 15) is 14.0 Å². The summed E-state index contributed by atoms with van der Waals surface area (Å²) in [6, 6.07) is 4.58. The number of nitrogens with one attached hydrogen (secondary N) is 1. The molecule has 1 aromatic carbocycles. The van der Waals surface area contributed by atoms with Crippen molar-refractivity contribution in [1.82, 2.24) is 20.3 Å². The molecule has 0 aliphatic carbocycles. The maximum atomic E-state index is 13.7. The van der Waals surface area contributed by atoms with Crippen molar-refractivity contribution in [3.8, 4) is 0 Å². The minimum Gasteiger partial charge on any atom is -0.476 e. The van der Waals surface area contributed by atoms with Gasteiger partial charge in [0.15, 0.2) is 5.69 Å². The highest BCUT2D eigenvalue weighted by molar-refractivity contribution is 5.94. The number of aromatic nitrogens is 3. The number of hydrogen-bond acceptors (Lipinski definition) is 4. The minimum absolute atomic E-state index is 0.0279. The van der Waals surface area contributed by atoms with Gasteiger partial charge in [0, 0.05) is 6.54 Å². The van der Waals surface area contributed by atoms with Gasteiger partial charge < -0.3 is 10.4 Å². The highest BCUT2D eigenvalue weighted by Crippen LogP contribution is 2.11. The lowest BCUT2D eigenvalue weighted by atomic mass is 10.1. The molecule has 1 amide bonds. The van der Waals surface area contributed by atoms with Gasteiger partial charge in [-0.05, 0) is 18.6 Å². The molecule has 21 heavy (non-hydrogen) atoms. The molecule has 0 saturated heterocycles. The first kappa shape index (κ1) is 14.6. The van der Waals surface area contributed by atoms with E-state index in [1.54, 1.807) is 19.1 Å². The second-order valence-corrected chi connectivity index (χ2v) is 4.36. The quantitative estimate of drug-likeness (QED) is 0.851. The molecule has 0 aliphatic heterocycles. The van der Waals surface area contributed by atoms with Crippen LogP contribution in [-0.4, -0.2) is 38.5 Å². The molecule has 2 aromatic rings. The summed E-state index contributed by atoms with van der Waals surface area (Å²) >= 11 is 0. The zero-order valence-corrected chi connectivity index (χ0v) is 11.2. The summed E-state index contributed by atoms with van der Waals surface area (Å²) in [5.41, 5.74) is 0.191. The van der Waals surface area contributed by atoms with Crippen molar-refractivity contribution in [2.24, 2.45) is 0 Å². The van der Waals surface area contributed by atoms with Crippen molar-refractivity contribution in [3.63, 3.8) is 0 Å². The summed E-state index contributed by atoms with van der Waals surface area (Å²) in [5, 5.41) is 18.3. The largest absolute Gasteiger partial charge is 0.476 e. The van der Waals surface area contributed by atoms with Crippen LogP contribution in [0, 0.1) is 12.7 Å². The number of nitrogens with zero attached hydrogens (tertiary/aromatic N) is 3. The number of carbonyl (C=O) groups excluding carboxylic acids is 1. The van der Waals surface area contributed by atoms with Crippen molar-refractivity contribution < 1.29 is 19.1 Å². The third kappa shape index (κ3) is 3.41. The molecule has 7 nitrogen and oxygen atoms in total. The first-order valence-electron chi connectivity index (χ1n) is 6.16. The van der Waals surface area contributed by atoms with Gasteiger partial charge in [-0.1, -0.05) is 17.3 Å². The number of aryl methyl sites for hydroxylation is 1. The van der Waals surface area contributed by atoms with Gasteiger partial charge in [0.1, 0.15) is 5.82 Å². The number of carboxylic acid groups (broad SMARTS) is 1. The Bertz CT molecular complexity index is 684. The number of hydrogen-bond donors (Lipinski definition) is 2. The van der Waals surface area contributed by atoms with E-state index >= 15 is 0 Å². The molecular weight excluding hydrogens is 279 g/mol. The van der Waals surface area contributed by atoms with Crippen LogP contribution in [0.15, 0.2) is 24.4 Å². The third-order valence-electron chi connectivity index (χ3n) is 2.82. The number of rotatable bonds is 5. The van der Waals surface area contributed by atoms with E-state index in [2.05, 4.69) is 15.6 Å². The molecule has 0 saturated carbocycles. The minimum atomic E-state index is -1.17. The summed E-state index contributed by atoms with van der Waals surface area (Å²) in [5.74, 6) is -2.26. The molecule has 0 atom stereocenters. The Morgan fingerprint density at radius 3 is 2.86 bits per heavy atom. The van der Waals surface area contributed by atoms with Crippen molar-refractivity contribution in [2.75, 3.05) is 6.54 Å². The first-order valence-corrected chi connectivity index (χ1v) is 6.16. The monoisotopic (exact) mass is 292 g/mol. The van der Waals surface area contributed by atoms with Gasteiger partial charge in [-0.2, -0.15) is 0 Å². The van der Waals surface area contributed by atoms with Crippen LogP contribution in [0.4, 0.5) is 4.39 Å². The van der Waals surface area contributed by atoms with Gasteiger partial charge in [0.05, 0.1) is 18.3 Å². The molecule has 0 unspecified atom stereocenters. The van der Waals surface area contributed by atoms with Gasteiger partial charge in [-0.3, -0.25) is 4.79 Å². The van der Waals surface area contributed by atoms with E-state index < -0.39 is 17.7 Å². The number of halogens is 1. The van der Waals surface area contributed by atoms with Gasteiger partial charge in [0.2, 0.25) is 0 Å². The predicted molar refractivity (Wildman–Crippen MR) is 70.5 cm³/mol. The first-order chi connectivity index (χ1) is 9.99. The van der Waals surface area contributed by atoms with Crippen LogP contribution in [0.1, 0.15) is 26.4 Å². The average Bonchev–Trinajstić information content (AvgIpc) is 2.91. The fraction of sp³-hybridized carbons (Fsp3) is 0.231. The highest BCUT2D eigenvalue weighted by Gasteiger charge is 2.13. The molecule has 8 heteroatoms. The van der Waals surface area contributed by atoms with Crippen LogP contribution in [0.2, 0.25) is 0 Å². The van der Waals surface area contributed by atoms with Gasteiger partial charge in [-0.15, -0.1) is 5.10 Å². The molecule has 0 radical (unpaired) electrons. The molecular formula is C13H13FN4O3. The number of amides is 1. The Morgan fingerprint density at radius 2 is 2.19 bits per heavy atom. The molecule has 110 valence electrons. The molecule has 2 N–H and O–H groups in total. The molecule has 1 aromatic heterocycles. The Balaban J connectivity index is 1.92. The van der Waals surface area contributed by atoms with Crippen molar-refractivity contribution >= 4 is 11.9 Å². The third-order valence-corrected chi connectivity index (χ3v) is 2.82. The number of aromatic carboxylic acids is 1. The Labute approximate surface area is 119 Å². The Kier molecular flexibility index (Phi) is 4.27.